The summed E-state index contributed by atoms with van der Waals surface area (Å²) in [4.78, 5) is 12.1. The minimum Gasteiger partial charge on any atom is -0.495 e. The number of nitrogens with two attached hydrogens (primary N) is 1. The van der Waals surface area contributed by atoms with Gasteiger partial charge in [-0.25, -0.2) is 4.79 Å². The minimum absolute atomic E-state index is 0.159. The third kappa shape index (κ3) is 3.73. The lowest BCUT2D eigenvalue weighted by molar-refractivity contribution is 0.262. The number of methoxy groups -OCH3 is 1. The molecule has 0 aliphatic rings. The quantitative estimate of drug-likeness (QED) is 0.806. The minimum atomic E-state index is -0.340. The Balaban J connectivity index is 2.12. The van der Waals surface area contributed by atoms with E-state index in [1.165, 1.54) is 0 Å². The molecular weight excluding hydrogens is 266 g/mol. The number of carbonyl (C=O) groups is 1. The monoisotopic (exact) mass is 285 g/mol. The summed E-state index contributed by atoms with van der Waals surface area (Å²) in [6.07, 6.45) is 0. The van der Waals surface area contributed by atoms with Gasteiger partial charge in [0.05, 0.1) is 12.8 Å². The SMILES string of the molecule is COc1ccccc1NC(=O)Nc1ccccc1C(C)N. The molecule has 4 N–H and O–H groups in total. The number of para-hydroxylation sites is 3. The summed E-state index contributed by atoms with van der Waals surface area (Å²) in [5, 5.41) is 5.57. The highest BCUT2D eigenvalue weighted by Gasteiger charge is 2.10. The summed E-state index contributed by atoms with van der Waals surface area (Å²) >= 11 is 0. The van der Waals surface area contributed by atoms with Gasteiger partial charge in [-0.3, -0.25) is 0 Å². The summed E-state index contributed by atoms with van der Waals surface area (Å²) in [5.41, 5.74) is 8.08. The van der Waals surface area contributed by atoms with E-state index in [0.717, 1.165) is 5.56 Å². The molecule has 5 nitrogen and oxygen atoms in total. The van der Waals surface area contributed by atoms with Crippen LogP contribution in [0, 0.1) is 0 Å². The number of carbonyl (C=O) groups excluding carboxylic acids is 1. The number of urea groups is 1. The topological polar surface area (TPSA) is 76.4 Å². The molecule has 0 saturated heterocycles. The Bertz CT molecular complexity index is 626. The average molecular weight is 285 g/mol. The summed E-state index contributed by atoms with van der Waals surface area (Å²) in [7, 11) is 1.56. The molecule has 110 valence electrons. The van der Waals surface area contributed by atoms with Crippen LogP contribution in [0.2, 0.25) is 0 Å². The van der Waals surface area contributed by atoms with Gasteiger partial charge in [-0.2, -0.15) is 0 Å². The van der Waals surface area contributed by atoms with Gasteiger partial charge in [0, 0.05) is 11.7 Å². The molecule has 2 rings (SSSR count). The van der Waals surface area contributed by atoms with Crippen LogP contribution < -0.4 is 21.1 Å². The van der Waals surface area contributed by atoms with Crippen LogP contribution in [0.15, 0.2) is 48.5 Å². The third-order valence-electron chi connectivity index (χ3n) is 3.05. The molecule has 0 aromatic heterocycles. The van der Waals surface area contributed by atoms with Crippen molar-refractivity contribution in [2.45, 2.75) is 13.0 Å². The van der Waals surface area contributed by atoms with Gasteiger partial charge in [-0.1, -0.05) is 30.3 Å². The first-order chi connectivity index (χ1) is 10.1. The molecule has 0 bridgehead atoms. The molecule has 21 heavy (non-hydrogen) atoms. The number of ether oxygens (including phenoxy) is 1. The highest BCUT2D eigenvalue weighted by molar-refractivity contribution is 6.01. The lowest BCUT2D eigenvalue weighted by Gasteiger charge is -2.15. The largest absolute Gasteiger partial charge is 0.495 e. The fourth-order valence-electron chi connectivity index (χ4n) is 2.03. The van der Waals surface area contributed by atoms with Crippen molar-refractivity contribution in [2.24, 2.45) is 5.73 Å². The first-order valence-corrected chi connectivity index (χ1v) is 6.67. The summed E-state index contributed by atoms with van der Waals surface area (Å²) in [6, 6.07) is 14.2. The Morgan fingerprint density at radius 2 is 1.62 bits per heavy atom. The maximum atomic E-state index is 12.1. The third-order valence-corrected chi connectivity index (χ3v) is 3.05. The Kier molecular flexibility index (Phi) is 4.79. The van der Waals surface area contributed by atoms with E-state index < -0.39 is 0 Å². The molecule has 0 radical (unpaired) electrons. The number of hydrogen-bond acceptors (Lipinski definition) is 3. The standard InChI is InChI=1S/C16H19N3O2/c1-11(17)12-7-3-4-8-13(12)18-16(20)19-14-9-5-6-10-15(14)21-2/h3-11H,17H2,1-2H3,(H2,18,19,20). The van der Waals surface area contributed by atoms with Gasteiger partial charge in [0.2, 0.25) is 0 Å². The molecule has 1 unspecified atom stereocenters. The van der Waals surface area contributed by atoms with Gasteiger partial charge >= 0.3 is 6.03 Å². The zero-order chi connectivity index (χ0) is 15.2. The second-order valence-corrected chi connectivity index (χ2v) is 4.66. The van der Waals surface area contributed by atoms with Crippen molar-refractivity contribution < 1.29 is 9.53 Å². The number of hydrogen-bond donors (Lipinski definition) is 3. The van der Waals surface area contributed by atoms with Crippen LogP contribution in [0.4, 0.5) is 16.2 Å². The van der Waals surface area contributed by atoms with E-state index in [-0.39, 0.29) is 12.1 Å². The predicted molar refractivity (Wildman–Crippen MR) is 84.7 cm³/mol. The first kappa shape index (κ1) is 14.9. The molecule has 1 atom stereocenters. The van der Waals surface area contributed by atoms with Gasteiger partial charge in [0.15, 0.2) is 0 Å². The lowest BCUT2D eigenvalue weighted by Crippen LogP contribution is -2.21. The highest BCUT2D eigenvalue weighted by Crippen LogP contribution is 2.24. The van der Waals surface area contributed by atoms with Gasteiger partial charge in [0.1, 0.15) is 5.75 Å². The van der Waals surface area contributed by atoms with E-state index in [9.17, 15) is 4.79 Å². The van der Waals surface area contributed by atoms with Crippen LogP contribution in [-0.2, 0) is 0 Å². The summed E-state index contributed by atoms with van der Waals surface area (Å²) in [5.74, 6) is 0.605. The highest BCUT2D eigenvalue weighted by atomic mass is 16.5. The van der Waals surface area contributed by atoms with Crippen molar-refractivity contribution in [2.75, 3.05) is 17.7 Å². The lowest BCUT2D eigenvalue weighted by atomic mass is 10.1. The van der Waals surface area contributed by atoms with E-state index in [2.05, 4.69) is 10.6 Å². The normalized spacial score (nSPS) is 11.6. The first-order valence-electron chi connectivity index (χ1n) is 6.67. The molecule has 0 spiro atoms. The van der Waals surface area contributed by atoms with E-state index in [1.807, 2.05) is 43.3 Å². The Labute approximate surface area is 124 Å². The summed E-state index contributed by atoms with van der Waals surface area (Å²) in [6.45, 7) is 1.87. The number of benzene rings is 2. The Morgan fingerprint density at radius 1 is 1.05 bits per heavy atom. The maximum absolute atomic E-state index is 12.1. The van der Waals surface area contributed by atoms with E-state index in [4.69, 9.17) is 10.5 Å². The van der Waals surface area contributed by atoms with E-state index >= 15 is 0 Å². The van der Waals surface area contributed by atoms with Crippen molar-refractivity contribution >= 4 is 17.4 Å². The van der Waals surface area contributed by atoms with Crippen LogP contribution in [0.3, 0.4) is 0 Å². The van der Waals surface area contributed by atoms with Crippen LogP contribution in [0.25, 0.3) is 0 Å². The van der Waals surface area contributed by atoms with Crippen LogP contribution >= 0.6 is 0 Å². The van der Waals surface area contributed by atoms with E-state index in [0.29, 0.717) is 17.1 Å². The number of nitrogens with one attached hydrogen (secondary N) is 2. The maximum Gasteiger partial charge on any atom is 0.323 e. The van der Waals surface area contributed by atoms with Gasteiger partial charge in [0.25, 0.3) is 0 Å². The number of anilines is 2. The molecule has 0 aliphatic heterocycles. The van der Waals surface area contributed by atoms with Gasteiger partial charge in [-0.15, -0.1) is 0 Å². The predicted octanol–water partition coefficient (Wildman–Crippen LogP) is 3.36. The second kappa shape index (κ2) is 6.76. The van der Waals surface area contributed by atoms with Crippen molar-refractivity contribution in [3.63, 3.8) is 0 Å². The van der Waals surface area contributed by atoms with Crippen molar-refractivity contribution in [3.05, 3.63) is 54.1 Å². The molecule has 0 heterocycles. The molecule has 0 aliphatic carbocycles. The van der Waals surface area contributed by atoms with Crippen molar-refractivity contribution in [1.29, 1.82) is 0 Å². The smallest absolute Gasteiger partial charge is 0.323 e. The molecular formula is C16H19N3O2. The van der Waals surface area contributed by atoms with Crippen LogP contribution in [-0.4, -0.2) is 13.1 Å². The number of amides is 2. The molecule has 5 heteroatoms. The molecule has 2 aromatic carbocycles. The zero-order valence-corrected chi connectivity index (χ0v) is 12.1. The fraction of sp³-hybridized carbons (Fsp3) is 0.188. The van der Waals surface area contributed by atoms with Crippen molar-refractivity contribution in [3.8, 4) is 5.75 Å². The Hall–Kier alpha value is -2.53. The fourth-order valence-corrected chi connectivity index (χ4v) is 2.03. The van der Waals surface area contributed by atoms with Crippen LogP contribution in [0.1, 0.15) is 18.5 Å². The zero-order valence-electron chi connectivity index (χ0n) is 12.1. The van der Waals surface area contributed by atoms with Gasteiger partial charge < -0.3 is 21.1 Å². The molecule has 2 amide bonds. The average Bonchev–Trinajstić information content (AvgIpc) is 2.48. The Morgan fingerprint density at radius 3 is 2.29 bits per heavy atom. The molecule has 2 aromatic rings. The molecule has 0 saturated carbocycles. The van der Waals surface area contributed by atoms with Crippen LogP contribution in [0.5, 0.6) is 5.75 Å². The summed E-state index contributed by atoms with van der Waals surface area (Å²) < 4.78 is 5.20. The molecule has 0 fully saturated rings. The second-order valence-electron chi connectivity index (χ2n) is 4.66. The number of rotatable bonds is 4. The van der Waals surface area contributed by atoms with E-state index in [1.54, 1.807) is 19.2 Å². The van der Waals surface area contributed by atoms with Gasteiger partial charge in [-0.05, 0) is 30.7 Å². The van der Waals surface area contributed by atoms with Crippen molar-refractivity contribution in [1.82, 2.24) is 0 Å².